The number of hydrogen-bond donors (Lipinski definition) is 2. The molecule has 0 atom stereocenters. The lowest BCUT2D eigenvalue weighted by molar-refractivity contribution is 0.251. The normalized spacial score (nSPS) is 10.0. The van der Waals surface area contributed by atoms with Gasteiger partial charge in [-0.3, -0.25) is 4.98 Å². The minimum Gasteiger partial charge on any atom is -0.334 e. The van der Waals surface area contributed by atoms with E-state index in [2.05, 4.69) is 15.6 Å². The van der Waals surface area contributed by atoms with Crippen molar-refractivity contribution in [2.75, 3.05) is 5.32 Å². The van der Waals surface area contributed by atoms with Crippen LogP contribution in [0.2, 0.25) is 0 Å². The molecule has 0 aliphatic rings. The first-order valence-electron chi connectivity index (χ1n) is 6.17. The smallest absolute Gasteiger partial charge is 0.319 e. The second-order valence-electron chi connectivity index (χ2n) is 4.44. The van der Waals surface area contributed by atoms with Gasteiger partial charge in [0.15, 0.2) is 0 Å². The van der Waals surface area contributed by atoms with E-state index < -0.39 is 0 Å². The van der Waals surface area contributed by atoms with Crippen LogP contribution in [-0.4, -0.2) is 11.0 Å². The highest BCUT2D eigenvalue weighted by Crippen LogP contribution is 2.19. The Morgan fingerprint density at radius 2 is 1.89 bits per heavy atom. The van der Waals surface area contributed by atoms with E-state index >= 15 is 0 Å². The molecule has 4 heteroatoms. The maximum atomic E-state index is 11.8. The fourth-order valence-electron chi connectivity index (χ4n) is 1.85. The monoisotopic (exact) mass is 255 g/mol. The summed E-state index contributed by atoms with van der Waals surface area (Å²) in [6.45, 7) is 4.41. The molecule has 2 rings (SSSR count). The molecule has 4 nitrogen and oxygen atoms in total. The average molecular weight is 255 g/mol. The number of amides is 2. The van der Waals surface area contributed by atoms with Crippen LogP contribution in [-0.2, 0) is 6.54 Å². The largest absolute Gasteiger partial charge is 0.334 e. The summed E-state index contributed by atoms with van der Waals surface area (Å²) in [7, 11) is 0. The number of anilines is 1. The van der Waals surface area contributed by atoms with E-state index in [1.807, 2.05) is 44.2 Å². The number of aromatic nitrogens is 1. The van der Waals surface area contributed by atoms with Gasteiger partial charge in [0, 0.05) is 24.6 Å². The van der Waals surface area contributed by atoms with Crippen molar-refractivity contribution in [2.45, 2.75) is 20.4 Å². The SMILES string of the molecule is Cc1cccc(C)c1NC(=O)NCc1cccnc1. The first-order chi connectivity index (χ1) is 9.16. The van der Waals surface area contributed by atoms with Gasteiger partial charge < -0.3 is 10.6 Å². The lowest BCUT2D eigenvalue weighted by Crippen LogP contribution is -2.28. The summed E-state index contributed by atoms with van der Waals surface area (Å²) in [6.07, 6.45) is 3.44. The third-order valence-electron chi connectivity index (χ3n) is 2.90. The first kappa shape index (κ1) is 13.1. The van der Waals surface area contributed by atoms with Gasteiger partial charge in [-0.05, 0) is 36.6 Å². The van der Waals surface area contributed by atoms with E-state index in [1.165, 1.54) is 0 Å². The van der Waals surface area contributed by atoms with Crippen LogP contribution in [0.4, 0.5) is 10.5 Å². The number of urea groups is 1. The maximum Gasteiger partial charge on any atom is 0.319 e. The van der Waals surface area contributed by atoms with Gasteiger partial charge in [0.1, 0.15) is 0 Å². The van der Waals surface area contributed by atoms with E-state index in [9.17, 15) is 4.79 Å². The molecular formula is C15H17N3O. The van der Waals surface area contributed by atoms with Crippen LogP contribution in [0.25, 0.3) is 0 Å². The molecule has 0 aliphatic carbocycles. The van der Waals surface area contributed by atoms with E-state index in [4.69, 9.17) is 0 Å². The summed E-state index contributed by atoms with van der Waals surface area (Å²) in [5.74, 6) is 0. The number of hydrogen-bond acceptors (Lipinski definition) is 2. The lowest BCUT2D eigenvalue weighted by Gasteiger charge is -2.12. The van der Waals surface area contributed by atoms with Crippen LogP contribution in [0.1, 0.15) is 16.7 Å². The van der Waals surface area contributed by atoms with Gasteiger partial charge in [0.25, 0.3) is 0 Å². The summed E-state index contributed by atoms with van der Waals surface area (Å²) in [5, 5.41) is 5.69. The van der Waals surface area contributed by atoms with Crippen molar-refractivity contribution in [3.8, 4) is 0 Å². The third kappa shape index (κ3) is 3.55. The van der Waals surface area contributed by atoms with Crippen LogP contribution in [0, 0.1) is 13.8 Å². The number of rotatable bonds is 3. The van der Waals surface area contributed by atoms with Crippen molar-refractivity contribution >= 4 is 11.7 Å². The maximum absolute atomic E-state index is 11.8. The zero-order valence-electron chi connectivity index (χ0n) is 11.1. The second-order valence-corrected chi connectivity index (χ2v) is 4.44. The quantitative estimate of drug-likeness (QED) is 0.885. The van der Waals surface area contributed by atoms with E-state index in [-0.39, 0.29) is 6.03 Å². The zero-order valence-corrected chi connectivity index (χ0v) is 11.1. The van der Waals surface area contributed by atoms with E-state index in [0.717, 1.165) is 22.4 Å². The van der Waals surface area contributed by atoms with Crippen LogP contribution >= 0.6 is 0 Å². The molecule has 0 saturated heterocycles. The van der Waals surface area contributed by atoms with Crippen molar-refractivity contribution in [3.63, 3.8) is 0 Å². The van der Waals surface area contributed by atoms with Crippen LogP contribution < -0.4 is 10.6 Å². The highest BCUT2D eigenvalue weighted by Gasteiger charge is 2.06. The van der Waals surface area contributed by atoms with Gasteiger partial charge in [0.05, 0.1) is 0 Å². The topological polar surface area (TPSA) is 54.0 Å². The molecule has 0 unspecified atom stereocenters. The molecular weight excluding hydrogens is 238 g/mol. The summed E-state index contributed by atoms with van der Waals surface area (Å²) in [4.78, 5) is 15.9. The standard InChI is InChI=1S/C15H17N3O/c1-11-5-3-6-12(2)14(11)18-15(19)17-10-13-7-4-8-16-9-13/h3-9H,10H2,1-2H3,(H2,17,18,19). The molecule has 0 aliphatic heterocycles. The molecule has 0 spiro atoms. The molecule has 0 saturated carbocycles. The van der Waals surface area contributed by atoms with Crippen LogP contribution in [0.15, 0.2) is 42.7 Å². The number of pyridine rings is 1. The fraction of sp³-hybridized carbons (Fsp3) is 0.200. The Labute approximate surface area is 112 Å². The third-order valence-corrected chi connectivity index (χ3v) is 2.90. The molecule has 2 aromatic rings. The summed E-state index contributed by atoms with van der Waals surface area (Å²) < 4.78 is 0. The number of aryl methyl sites for hydroxylation is 2. The Balaban J connectivity index is 1.95. The molecule has 0 radical (unpaired) electrons. The number of nitrogens with zero attached hydrogens (tertiary/aromatic N) is 1. The number of nitrogens with one attached hydrogen (secondary N) is 2. The molecule has 1 heterocycles. The second kappa shape index (κ2) is 6.00. The predicted molar refractivity (Wildman–Crippen MR) is 76.0 cm³/mol. The Kier molecular flexibility index (Phi) is 4.13. The highest BCUT2D eigenvalue weighted by molar-refractivity contribution is 5.90. The van der Waals surface area contributed by atoms with Gasteiger partial charge in [-0.1, -0.05) is 24.3 Å². The molecule has 19 heavy (non-hydrogen) atoms. The summed E-state index contributed by atoms with van der Waals surface area (Å²) in [6, 6.07) is 9.49. The molecule has 2 amide bonds. The zero-order chi connectivity index (χ0) is 13.7. The molecule has 2 N–H and O–H groups in total. The summed E-state index contributed by atoms with van der Waals surface area (Å²) >= 11 is 0. The van der Waals surface area contributed by atoms with Crippen molar-refractivity contribution < 1.29 is 4.79 Å². The number of benzene rings is 1. The van der Waals surface area contributed by atoms with Gasteiger partial charge in [-0.15, -0.1) is 0 Å². The Bertz CT molecular complexity index is 547. The van der Waals surface area contributed by atoms with Gasteiger partial charge >= 0.3 is 6.03 Å². The molecule has 1 aromatic heterocycles. The first-order valence-corrected chi connectivity index (χ1v) is 6.17. The minimum absolute atomic E-state index is 0.207. The number of carbonyl (C=O) groups excluding carboxylic acids is 1. The Morgan fingerprint density at radius 1 is 1.16 bits per heavy atom. The van der Waals surface area contributed by atoms with Crippen LogP contribution in [0.3, 0.4) is 0 Å². The lowest BCUT2D eigenvalue weighted by atomic mass is 10.1. The number of carbonyl (C=O) groups is 1. The molecule has 0 bridgehead atoms. The average Bonchev–Trinajstić information content (AvgIpc) is 2.42. The van der Waals surface area contributed by atoms with Crippen LogP contribution in [0.5, 0.6) is 0 Å². The molecule has 1 aromatic carbocycles. The van der Waals surface area contributed by atoms with Crippen molar-refractivity contribution in [3.05, 3.63) is 59.4 Å². The Hall–Kier alpha value is -2.36. The predicted octanol–water partition coefficient (Wildman–Crippen LogP) is 3.02. The number of para-hydroxylation sites is 1. The van der Waals surface area contributed by atoms with Gasteiger partial charge in [0.2, 0.25) is 0 Å². The highest BCUT2D eigenvalue weighted by atomic mass is 16.2. The molecule has 0 fully saturated rings. The van der Waals surface area contributed by atoms with E-state index in [0.29, 0.717) is 6.54 Å². The van der Waals surface area contributed by atoms with Crippen molar-refractivity contribution in [1.29, 1.82) is 0 Å². The van der Waals surface area contributed by atoms with Crippen molar-refractivity contribution in [2.24, 2.45) is 0 Å². The summed E-state index contributed by atoms with van der Waals surface area (Å²) in [5.41, 5.74) is 3.94. The molecule has 98 valence electrons. The Morgan fingerprint density at radius 3 is 2.53 bits per heavy atom. The van der Waals surface area contributed by atoms with Gasteiger partial charge in [-0.2, -0.15) is 0 Å². The van der Waals surface area contributed by atoms with E-state index in [1.54, 1.807) is 12.4 Å². The van der Waals surface area contributed by atoms with Gasteiger partial charge in [-0.25, -0.2) is 4.79 Å². The minimum atomic E-state index is -0.207. The fourth-order valence-corrected chi connectivity index (χ4v) is 1.85. The van der Waals surface area contributed by atoms with Crippen molar-refractivity contribution in [1.82, 2.24) is 10.3 Å².